The van der Waals surface area contributed by atoms with Crippen LogP contribution in [0.15, 0.2) is 0 Å². The van der Waals surface area contributed by atoms with Gasteiger partial charge in [0.2, 0.25) is 5.91 Å². The molecule has 0 aromatic rings. The molecule has 1 saturated heterocycles. The van der Waals surface area contributed by atoms with Gasteiger partial charge in [-0.1, -0.05) is 0 Å². The van der Waals surface area contributed by atoms with Crippen molar-refractivity contribution in [1.82, 2.24) is 5.32 Å². The van der Waals surface area contributed by atoms with Crippen LogP contribution in [0.5, 0.6) is 0 Å². The number of ether oxygens (including phenoxy) is 2. The third-order valence-electron chi connectivity index (χ3n) is 2.65. The van der Waals surface area contributed by atoms with Gasteiger partial charge in [0.15, 0.2) is 0 Å². The summed E-state index contributed by atoms with van der Waals surface area (Å²) in [6, 6.07) is 0. The van der Waals surface area contributed by atoms with Crippen LogP contribution in [-0.2, 0) is 14.3 Å². The van der Waals surface area contributed by atoms with E-state index in [2.05, 4.69) is 5.32 Å². The lowest BCUT2D eigenvalue weighted by molar-refractivity contribution is -0.127. The molecule has 1 heterocycles. The van der Waals surface area contributed by atoms with Gasteiger partial charge in [-0.15, -0.1) is 0 Å². The van der Waals surface area contributed by atoms with E-state index < -0.39 is 0 Å². The highest BCUT2D eigenvalue weighted by atomic mass is 16.5. The van der Waals surface area contributed by atoms with Crippen LogP contribution >= 0.6 is 0 Å². The van der Waals surface area contributed by atoms with Crippen molar-refractivity contribution in [2.24, 2.45) is 5.92 Å². The second-order valence-electron chi connectivity index (χ2n) is 3.88. The number of hydrogen-bond donors (Lipinski definition) is 1. The lowest BCUT2D eigenvalue weighted by atomic mass is 9.96. The van der Waals surface area contributed by atoms with E-state index in [1.807, 2.05) is 0 Å². The van der Waals surface area contributed by atoms with Crippen molar-refractivity contribution in [2.75, 3.05) is 33.5 Å². The molecule has 0 aliphatic carbocycles. The molecule has 15 heavy (non-hydrogen) atoms. The van der Waals surface area contributed by atoms with Gasteiger partial charge in [-0.05, 0) is 25.7 Å². The first kappa shape index (κ1) is 12.5. The minimum atomic E-state index is 0.168. The zero-order valence-electron chi connectivity index (χ0n) is 9.46. The van der Waals surface area contributed by atoms with E-state index in [9.17, 15) is 4.79 Å². The Morgan fingerprint density at radius 3 is 3.00 bits per heavy atom. The summed E-state index contributed by atoms with van der Waals surface area (Å²) in [7, 11) is 1.69. The number of piperidine rings is 1. The number of rotatable bonds is 7. The first-order valence-electron chi connectivity index (χ1n) is 5.69. The Bertz CT molecular complexity index is 185. The average molecular weight is 215 g/mol. The van der Waals surface area contributed by atoms with Crippen LogP contribution < -0.4 is 5.32 Å². The minimum absolute atomic E-state index is 0.168. The number of hydrogen-bond acceptors (Lipinski definition) is 3. The Morgan fingerprint density at radius 1 is 1.40 bits per heavy atom. The second-order valence-corrected chi connectivity index (χ2v) is 3.88. The van der Waals surface area contributed by atoms with E-state index >= 15 is 0 Å². The maximum atomic E-state index is 11.4. The van der Waals surface area contributed by atoms with Crippen molar-refractivity contribution in [2.45, 2.75) is 25.7 Å². The molecule has 0 aromatic carbocycles. The van der Waals surface area contributed by atoms with Gasteiger partial charge in [-0.3, -0.25) is 4.79 Å². The summed E-state index contributed by atoms with van der Waals surface area (Å²) >= 11 is 0. The number of nitrogens with one attached hydrogen (secondary N) is 1. The zero-order valence-corrected chi connectivity index (χ0v) is 9.46. The van der Waals surface area contributed by atoms with E-state index in [1.54, 1.807) is 7.11 Å². The maximum absolute atomic E-state index is 11.4. The van der Waals surface area contributed by atoms with E-state index in [0.29, 0.717) is 6.61 Å². The van der Waals surface area contributed by atoms with Gasteiger partial charge >= 0.3 is 0 Å². The summed E-state index contributed by atoms with van der Waals surface area (Å²) in [6.45, 7) is 2.98. The molecule has 1 amide bonds. The van der Waals surface area contributed by atoms with Gasteiger partial charge in [0.05, 0.1) is 0 Å². The van der Waals surface area contributed by atoms with E-state index in [-0.39, 0.29) is 11.8 Å². The Balaban J connectivity index is 1.96. The molecular formula is C11H21NO3. The molecule has 0 saturated carbocycles. The molecule has 1 rings (SSSR count). The first-order chi connectivity index (χ1) is 7.34. The Kier molecular flexibility index (Phi) is 6.36. The van der Waals surface area contributed by atoms with E-state index in [0.717, 1.165) is 45.4 Å². The molecule has 1 aliphatic heterocycles. The topological polar surface area (TPSA) is 47.6 Å². The number of carbonyl (C=O) groups is 1. The first-order valence-corrected chi connectivity index (χ1v) is 5.69. The quantitative estimate of drug-likeness (QED) is 0.643. The van der Waals surface area contributed by atoms with E-state index in [1.165, 1.54) is 0 Å². The van der Waals surface area contributed by atoms with Crippen molar-refractivity contribution in [3.63, 3.8) is 0 Å². The SMILES string of the molecule is COCCCOCCC1CCCNC1=O. The number of carbonyl (C=O) groups excluding carboxylic acids is 1. The predicted molar refractivity (Wildman–Crippen MR) is 57.7 cm³/mol. The molecule has 88 valence electrons. The van der Waals surface area contributed by atoms with Crippen LogP contribution in [-0.4, -0.2) is 39.4 Å². The molecule has 1 aliphatic rings. The minimum Gasteiger partial charge on any atom is -0.385 e. The molecule has 1 N–H and O–H groups in total. The number of methoxy groups -OCH3 is 1. The monoisotopic (exact) mass is 215 g/mol. The third-order valence-corrected chi connectivity index (χ3v) is 2.65. The molecule has 0 radical (unpaired) electrons. The largest absolute Gasteiger partial charge is 0.385 e. The standard InChI is InChI=1S/C11H21NO3/c1-14-7-3-8-15-9-5-10-4-2-6-12-11(10)13/h10H,2-9H2,1H3,(H,12,13). The molecule has 0 bridgehead atoms. The summed E-state index contributed by atoms with van der Waals surface area (Å²) in [5.41, 5.74) is 0. The van der Waals surface area contributed by atoms with Gasteiger partial charge in [-0.25, -0.2) is 0 Å². The predicted octanol–water partition coefficient (Wildman–Crippen LogP) is 0.956. The molecule has 4 heteroatoms. The van der Waals surface area contributed by atoms with Gasteiger partial charge in [0.1, 0.15) is 0 Å². The van der Waals surface area contributed by atoms with Crippen molar-refractivity contribution in [3.8, 4) is 0 Å². The Labute approximate surface area is 91.3 Å². The summed E-state index contributed by atoms with van der Waals surface area (Å²) in [6.07, 6.45) is 3.87. The van der Waals surface area contributed by atoms with Crippen LogP contribution in [0.25, 0.3) is 0 Å². The fourth-order valence-electron chi connectivity index (χ4n) is 1.74. The van der Waals surface area contributed by atoms with Gasteiger partial charge in [0, 0.05) is 39.4 Å². The van der Waals surface area contributed by atoms with Crippen molar-refractivity contribution in [1.29, 1.82) is 0 Å². The zero-order chi connectivity index (χ0) is 10.9. The Morgan fingerprint density at radius 2 is 2.27 bits per heavy atom. The molecule has 0 spiro atoms. The molecule has 4 nitrogen and oxygen atoms in total. The van der Waals surface area contributed by atoms with Crippen molar-refractivity contribution < 1.29 is 14.3 Å². The molecule has 0 aromatic heterocycles. The van der Waals surface area contributed by atoms with Crippen LogP contribution in [0.2, 0.25) is 0 Å². The third kappa shape index (κ3) is 5.14. The van der Waals surface area contributed by atoms with Gasteiger partial charge < -0.3 is 14.8 Å². The molecular weight excluding hydrogens is 194 g/mol. The smallest absolute Gasteiger partial charge is 0.223 e. The van der Waals surface area contributed by atoms with Crippen LogP contribution in [0.3, 0.4) is 0 Å². The summed E-state index contributed by atoms with van der Waals surface area (Å²) < 4.78 is 10.3. The molecule has 1 fully saturated rings. The Hall–Kier alpha value is -0.610. The highest BCUT2D eigenvalue weighted by molar-refractivity contribution is 5.79. The van der Waals surface area contributed by atoms with Gasteiger partial charge in [0.25, 0.3) is 0 Å². The van der Waals surface area contributed by atoms with Crippen molar-refractivity contribution in [3.05, 3.63) is 0 Å². The maximum Gasteiger partial charge on any atom is 0.223 e. The average Bonchev–Trinajstić information content (AvgIpc) is 2.25. The van der Waals surface area contributed by atoms with Crippen LogP contribution in [0.1, 0.15) is 25.7 Å². The van der Waals surface area contributed by atoms with E-state index in [4.69, 9.17) is 9.47 Å². The molecule has 1 unspecified atom stereocenters. The number of amides is 1. The highest BCUT2D eigenvalue weighted by Crippen LogP contribution is 2.15. The summed E-state index contributed by atoms with van der Waals surface area (Å²) in [5, 5.41) is 2.88. The normalized spacial score (nSPS) is 21.4. The fraction of sp³-hybridized carbons (Fsp3) is 0.909. The molecule has 1 atom stereocenters. The fourth-order valence-corrected chi connectivity index (χ4v) is 1.74. The second kappa shape index (κ2) is 7.65. The van der Waals surface area contributed by atoms with Gasteiger partial charge in [-0.2, -0.15) is 0 Å². The van der Waals surface area contributed by atoms with Crippen LogP contribution in [0, 0.1) is 5.92 Å². The van der Waals surface area contributed by atoms with Crippen LogP contribution in [0.4, 0.5) is 0 Å². The lowest BCUT2D eigenvalue weighted by Gasteiger charge is -2.21. The van der Waals surface area contributed by atoms with Crippen molar-refractivity contribution >= 4 is 5.91 Å². The summed E-state index contributed by atoms with van der Waals surface area (Å²) in [4.78, 5) is 11.4. The summed E-state index contributed by atoms with van der Waals surface area (Å²) in [5.74, 6) is 0.364. The lowest BCUT2D eigenvalue weighted by Crippen LogP contribution is -2.36. The highest BCUT2D eigenvalue weighted by Gasteiger charge is 2.21.